The number of rotatable bonds is 4. The molecule has 5 nitrogen and oxygen atoms in total. The lowest BCUT2D eigenvalue weighted by Gasteiger charge is -2.14. The fraction of sp³-hybridized carbons (Fsp3) is 0.231. The van der Waals surface area contributed by atoms with Gasteiger partial charge in [-0.1, -0.05) is 0 Å². The van der Waals surface area contributed by atoms with E-state index in [1.807, 2.05) is 0 Å². The highest BCUT2D eigenvalue weighted by molar-refractivity contribution is 5.68. The monoisotopic (exact) mass is 316 g/mol. The maximum Gasteiger partial charge on any atom is 0.417 e. The summed E-state index contributed by atoms with van der Waals surface area (Å²) in [7, 11) is 0. The largest absolute Gasteiger partial charge is 0.417 e. The highest BCUT2D eigenvalue weighted by Crippen LogP contribution is 2.37. The number of hydrogen-bond acceptors (Lipinski definition) is 5. The van der Waals surface area contributed by atoms with Crippen molar-refractivity contribution in [3.05, 3.63) is 35.6 Å². The molecule has 4 N–H and O–H groups in total. The highest BCUT2D eigenvalue weighted by atomic mass is 19.4. The van der Waals surface area contributed by atoms with E-state index >= 15 is 0 Å². The molecule has 118 valence electrons. The maximum atomic E-state index is 13.1. The van der Waals surface area contributed by atoms with Crippen LogP contribution in [0.5, 0.6) is 0 Å². The van der Waals surface area contributed by atoms with Crippen LogP contribution >= 0.6 is 0 Å². The molecule has 0 aliphatic rings. The number of nitrogen functional groups attached to an aromatic ring is 1. The Morgan fingerprint density at radius 1 is 1.18 bits per heavy atom. The topological polar surface area (TPSA) is 84.1 Å². The smallest absolute Gasteiger partial charge is 0.395 e. The number of halogens is 4. The summed E-state index contributed by atoms with van der Waals surface area (Å²) in [5.74, 6) is -1.08. The molecule has 0 unspecified atom stereocenters. The normalized spacial score (nSPS) is 11.5. The van der Waals surface area contributed by atoms with E-state index in [2.05, 4.69) is 15.3 Å². The van der Waals surface area contributed by atoms with Crippen LogP contribution in [0.1, 0.15) is 5.56 Å². The van der Waals surface area contributed by atoms with Gasteiger partial charge >= 0.3 is 6.18 Å². The van der Waals surface area contributed by atoms with Crippen LogP contribution in [0.2, 0.25) is 0 Å². The van der Waals surface area contributed by atoms with Crippen molar-refractivity contribution in [2.75, 3.05) is 24.2 Å². The fourth-order valence-electron chi connectivity index (χ4n) is 1.85. The number of nitrogens with one attached hydrogen (secondary N) is 1. The summed E-state index contributed by atoms with van der Waals surface area (Å²) < 4.78 is 52.2. The zero-order chi connectivity index (χ0) is 16.3. The van der Waals surface area contributed by atoms with Crippen LogP contribution in [0.3, 0.4) is 0 Å². The molecule has 1 aromatic carbocycles. The number of nitrogens with two attached hydrogens (primary N) is 1. The Kier molecular flexibility index (Phi) is 4.45. The third-order valence-corrected chi connectivity index (χ3v) is 2.72. The average Bonchev–Trinajstić information content (AvgIpc) is 2.43. The molecule has 1 aromatic heterocycles. The van der Waals surface area contributed by atoms with Crippen LogP contribution in [0.25, 0.3) is 11.3 Å². The molecule has 0 amide bonds. The van der Waals surface area contributed by atoms with E-state index in [-0.39, 0.29) is 36.2 Å². The van der Waals surface area contributed by atoms with E-state index in [1.54, 1.807) is 0 Å². The van der Waals surface area contributed by atoms with Crippen LogP contribution in [-0.2, 0) is 6.18 Å². The van der Waals surface area contributed by atoms with Crippen molar-refractivity contribution in [3.63, 3.8) is 0 Å². The van der Waals surface area contributed by atoms with Gasteiger partial charge < -0.3 is 16.2 Å². The molecule has 2 rings (SSSR count). The number of benzene rings is 1. The first kappa shape index (κ1) is 16.0. The van der Waals surface area contributed by atoms with E-state index in [0.717, 1.165) is 12.1 Å². The molecule has 0 aliphatic heterocycles. The second-order valence-corrected chi connectivity index (χ2v) is 4.33. The number of aliphatic hydroxyl groups is 1. The molecule has 0 aliphatic carbocycles. The predicted octanol–water partition coefficient (Wildman–Crippen LogP) is 2.29. The van der Waals surface area contributed by atoms with Crippen LogP contribution in [0.15, 0.2) is 24.3 Å². The van der Waals surface area contributed by atoms with E-state index in [9.17, 15) is 17.6 Å². The van der Waals surface area contributed by atoms with Crippen molar-refractivity contribution < 1.29 is 22.7 Å². The van der Waals surface area contributed by atoms with Crippen molar-refractivity contribution in [2.45, 2.75) is 6.18 Å². The molecule has 0 saturated heterocycles. The standard InChI is InChI=1S/C13H12F4N4O/c14-7-1-2-8(9(5-7)13(15,16)17)10-6-11(19-3-4-22)21-12(18)20-10/h1-2,5-6,22H,3-4H2,(H3,18,19,20,21). The van der Waals surface area contributed by atoms with Gasteiger partial charge in [0.1, 0.15) is 11.6 Å². The Hall–Kier alpha value is -2.42. The van der Waals surface area contributed by atoms with Gasteiger partial charge in [-0.3, -0.25) is 0 Å². The minimum Gasteiger partial charge on any atom is -0.395 e. The molecule has 1 heterocycles. The zero-order valence-corrected chi connectivity index (χ0v) is 11.2. The molecular weight excluding hydrogens is 304 g/mol. The zero-order valence-electron chi connectivity index (χ0n) is 11.2. The van der Waals surface area contributed by atoms with Crippen molar-refractivity contribution in [2.24, 2.45) is 0 Å². The summed E-state index contributed by atoms with van der Waals surface area (Å²) in [6.45, 7) is -0.0466. The Morgan fingerprint density at radius 3 is 2.55 bits per heavy atom. The summed E-state index contributed by atoms with van der Waals surface area (Å²) in [5, 5.41) is 11.4. The average molecular weight is 316 g/mol. The quantitative estimate of drug-likeness (QED) is 0.754. The first-order chi connectivity index (χ1) is 10.3. The number of hydrogen-bond donors (Lipinski definition) is 3. The van der Waals surface area contributed by atoms with Crippen LogP contribution < -0.4 is 11.1 Å². The van der Waals surface area contributed by atoms with Gasteiger partial charge in [-0.05, 0) is 18.2 Å². The minimum atomic E-state index is -4.74. The van der Waals surface area contributed by atoms with Gasteiger partial charge in [0.25, 0.3) is 0 Å². The summed E-state index contributed by atoms with van der Waals surface area (Å²) in [5.41, 5.74) is 3.92. The maximum absolute atomic E-state index is 13.1. The van der Waals surface area contributed by atoms with Crippen molar-refractivity contribution in [1.29, 1.82) is 0 Å². The first-order valence-corrected chi connectivity index (χ1v) is 6.17. The molecule has 0 spiro atoms. The summed E-state index contributed by atoms with van der Waals surface area (Å²) in [6, 6.07) is 3.53. The second kappa shape index (κ2) is 6.14. The number of aliphatic hydroxyl groups excluding tert-OH is 1. The number of anilines is 2. The van der Waals surface area contributed by atoms with E-state index in [4.69, 9.17) is 10.8 Å². The molecular formula is C13H12F4N4O. The molecule has 0 bridgehead atoms. The van der Waals surface area contributed by atoms with Crippen molar-refractivity contribution in [1.82, 2.24) is 9.97 Å². The molecule has 9 heteroatoms. The number of alkyl halides is 3. The fourth-order valence-corrected chi connectivity index (χ4v) is 1.85. The van der Waals surface area contributed by atoms with Gasteiger partial charge in [0.2, 0.25) is 5.95 Å². The molecule has 2 aromatic rings. The Labute approximate surface area is 122 Å². The Balaban J connectivity index is 2.54. The third kappa shape index (κ3) is 3.61. The second-order valence-electron chi connectivity index (χ2n) is 4.33. The van der Waals surface area contributed by atoms with E-state index in [1.165, 1.54) is 6.07 Å². The SMILES string of the molecule is Nc1nc(NCCO)cc(-c2ccc(F)cc2C(F)(F)F)n1. The van der Waals surface area contributed by atoms with Gasteiger partial charge in [0.15, 0.2) is 0 Å². The Bertz CT molecular complexity index is 676. The van der Waals surface area contributed by atoms with Gasteiger partial charge in [0, 0.05) is 18.2 Å². The van der Waals surface area contributed by atoms with Gasteiger partial charge in [0.05, 0.1) is 17.9 Å². The van der Waals surface area contributed by atoms with Crippen LogP contribution in [0, 0.1) is 5.82 Å². The lowest BCUT2D eigenvalue weighted by Crippen LogP contribution is -2.11. The first-order valence-electron chi connectivity index (χ1n) is 6.17. The van der Waals surface area contributed by atoms with Gasteiger partial charge in [-0.2, -0.15) is 18.2 Å². The van der Waals surface area contributed by atoms with Crippen molar-refractivity contribution in [3.8, 4) is 11.3 Å². The third-order valence-electron chi connectivity index (χ3n) is 2.72. The highest BCUT2D eigenvalue weighted by Gasteiger charge is 2.34. The summed E-state index contributed by atoms with van der Waals surface area (Å²) >= 11 is 0. The predicted molar refractivity (Wildman–Crippen MR) is 72.4 cm³/mol. The molecule has 0 fully saturated rings. The summed E-state index contributed by atoms with van der Waals surface area (Å²) in [4.78, 5) is 7.55. The van der Waals surface area contributed by atoms with E-state index < -0.39 is 17.6 Å². The number of aromatic nitrogens is 2. The van der Waals surface area contributed by atoms with Gasteiger partial charge in [-0.25, -0.2) is 9.37 Å². The molecule has 0 saturated carbocycles. The van der Waals surface area contributed by atoms with Crippen LogP contribution in [0.4, 0.5) is 29.3 Å². The lowest BCUT2D eigenvalue weighted by atomic mass is 10.0. The van der Waals surface area contributed by atoms with E-state index in [0.29, 0.717) is 6.07 Å². The van der Waals surface area contributed by atoms with Crippen LogP contribution in [-0.4, -0.2) is 28.2 Å². The minimum absolute atomic E-state index is 0.0970. The lowest BCUT2D eigenvalue weighted by molar-refractivity contribution is -0.137. The Morgan fingerprint density at radius 2 is 1.91 bits per heavy atom. The summed E-state index contributed by atoms with van der Waals surface area (Å²) in [6.07, 6.45) is -4.74. The molecule has 22 heavy (non-hydrogen) atoms. The molecule has 0 radical (unpaired) electrons. The molecule has 0 atom stereocenters. The van der Waals surface area contributed by atoms with Gasteiger partial charge in [-0.15, -0.1) is 0 Å². The number of nitrogens with zero attached hydrogens (tertiary/aromatic N) is 2. The van der Waals surface area contributed by atoms with Crippen molar-refractivity contribution >= 4 is 11.8 Å².